The smallest absolute Gasteiger partial charge is 0.220 e. The van der Waals surface area contributed by atoms with E-state index in [2.05, 4.69) is 16.3 Å². The van der Waals surface area contributed by atoms with Crippen molar-refractivity contribution in [1.82, 2.24) is 10.2 Å². The molecule has 5 nitrogen and oxygen atoms in total. The highest BCUT2D eigenvalue weighted by atomic mass is 16.5. The number of furan rings is 1. The molecule has 0 spiro atoms. The van der Waals surface area contributed by atoms with E-state index in [1.54, 1.807) is 7.11 Å². The number of hydrogen-bond donors (Lipinski definition) is 1. The van der Waals surface area contributed by atoms with Gasteiger partial charge in [-0.1, -0.05) is 48.5 Å². The van der Waals surface area contributed by atoms with Crippen molar-refractivity contribution in [2.75, 3.05) is 26.7 Å². The van der Waals surface area contributed by atoms with Gasteiger partial charge in [0.15, 0.2) is 0 Å². The molecule has 162 valence electrons. The lowest BCUT2D eigenvalue weighted by molar-refractivity contribution is -0.121. The number of rotatable bonds is 9. The summed E-state index contributed by atoms with van der Waals surface area (Å²) in [6, 6.07) is 22.1. The summed E-state index contributed by atoms with van der Waals surface area (Å²) in [5, 5.41) is 3.14. The molecule has 5 heteroatoms. The second kappa shape index (κ2) is 10.3. The molecule has 1 fully saturated rings. The van der Waals surface area contributed by atoms with Crippen LogP contribution in [0.5, 0.6) is 5.75 Å². The van der Waals surface area contributed by atoms with Crippen LogP contribution in [0.25, 0.3) is 11.3 Å². The summed E-state index contributed by atoms with van der Waals surface area (Å²) in [6.45, 7) is 2.67. The summed E-state index contributed by atoms with van der Waals surface area (Å²) >= 11 is 0. The van der Waals surface area contributed by atoms with Crippen molar-refractivity contribution in [3.05, 3.63) is 78.1 Å². The maximum Gasteiger partial charge on any atom is 0.220 e. The summed E-state index contributed by atoms with van der Waals surface area (Å²) in [5.74, 6) is 2.57. The molecular formula is C26H30N2O3. The van der Waals surface area contributed by atoms with Crippen molar-refractivity contribution in [2.24, 2.45) is 0 Å². The van der Waals surface area contributed by atoms with Crippen LogP contribution in [0, 0.1) is 0 Å². The molecule has 0 radical (unpaired) electrons. The molecule has 4 rings (SSSR count). The molecule has 1 unspecified atom stereocenters. The lowest BCUT2D eigenvalue weighted by Crippen LogP contribution is -2.37. The van der Waals surface area contributed by atoms with Gasteiger partial charge in [-0.05, 0) is 44.1 Å². The van der Waals surface area contributed by atoms with Gasteiger partial charge in [-0.2, -0.15) is 0 Å². The largest absolute Gasteiger partial charge is 0.496 e. The van der Waals surface area contributed by atoms with Crippen LogP contribution in [0.4, 0.5) is 0 Å². The van der Waals surface area contributed by atoms with Crippen molar-refractivity contribution >= 4 is 5.91 Å². The number of methoxy groups -OCH3 is 1. The minimum absolute atomic E-state index is 0.0387. The van der Waals surface area contributed by atoms with Crippen molar-refractivity contribution in [3.8, 4) is 17.1 Å². The number of ether oxygens (including phenoxy) is 1. The SMILES string of the molecule is COc1ccccc1C(CNC(=O)CCc1ccc(-c2ccccc2)o1)N1CCCC1. The zero-order valence-corrected chi connectivity index (χ0v) is 18.0. The maximum absolute atomic E-state index is 12.6. The van der Waals surface area contributed by atoms with Crippen LogP contribution in [0.1, 0.15) is 36.6 Å². The third kappa shape index (κ3) is 5.36. The Balaban J connectivity index is 1.34. The average Bonchev–Trinajstić information content (AvgIpc) is 3.51. The molecule has 1 amide bonds. The molecule has 1 N–H and O–H groups in total. The number of aryl methyl sites for hydroxylation is 1. The van der Waals surface area contributed by atoms with E-state index < -0.39 is 0 Å². The van der Waals surface area contributed by atoms with Gasteiger partial charge in [0.05, 0.1) is 13.2 Å². The molecule has 0 saturated carbocycles. The van der Waals surface area contributed by atoms with E-state index in [0.717, 1.165) is 41.5 Å². The Morgan fingerprint density at radius 2 is 1.77 bits per heavy atom. The molecule has 1 aromatic heterocycles. The van der Waals surface area contributed by atoms with Crippen LogP contribution in [0.2, 0.25) is 0 Å². The fourth-order valence-corrected chi connectivity index (χ4v) is 4.24. The maximum atomic E-state index is 12.6. The normalized spacial score (nSPS) is 15.0. The van der Waals surface area contributed by atoms with Crippen LogP contribution in [-0.4, -0.2) is 37.6 Å². The average molecular weight is 419 g/mol. The van der Waals surface area contributed by atoms with E-state index in [1.165, 1.54) is 12.8 Å². The second-order valence-electron chi connectivity index (χ2n) is 7.94. The minimum atomic E-state index is 0.0387. The third-order valence-corrected chi connectivity index (χ3v) is 5.89. The first kappa shape index (κ1) is 21.2. The highest BCUT2D eigenvalue weighted by molar-refractivity contribution is 5.76. The molecular weight excluding hydrogens is 388 g/mol. The molecule has 1 saturated heterocycles. The zero-order chi connectivity index (χ0) is 21.5. The molecule has 0 aliphatic carbocycles. The van der Waals surface area contributed by atoms with Crippen molar-refractivity contribution in [2.45, 2.75) is 31.7 Å². The van der Waals surface area contributed by atoms with Gasteiger partial charge in [-0.15, -0.1) is 0 Å². The Bertz CT molecular complexity index is 977. The molecule has 1 aliphatic rings. The Hall–Kier alpha value is -3.05. The molecule has 3 aromatic rings. The first-order valence-electron chi connectivity index (χ1n) is 11.0. The fourth-order valence-electron chi connectivity index (χ4n) is 4.24. The van der Waals surface area contributed by atoms with Crippen LogP contribution in [-0.2, 0) is 11.2 Å². The van der Waals surface area contributed by atoms with E-state index in [-0.39, 0.29) is 11.9 Å². The van der Waals surface area contributed by atoms with Gasteiger partial charge in [0.2, 0.25) is 5.91 Å². The Kier molecular flexibility index (Phi) is 7.05. The highest BCUT2D eigenvalue weighted by Crippen LogP contribution is 2.31. The Morgan fingerprint density at radius 3 is 2.55 bits per heavy atom. The summed E-state index contributed by atoms with van der Waals surface area (Å²) in [7, 11) is 1.70. The summed E-state index contributed by atoms with van der Waals surface area (Å²) in [4.78, 5) is 15.0. The number of amides is 1. The van der Waals surface area contributed by atoms with Gasteiger partial charge >= 0.3 is 0 Å². The lowest BCUT2D eigenvalue weighted by Gasteiger charge is -2.29. The van der Waals surface area contributed by atoms with Crippen molar-refractivity contribution < 1.29 is 13.9 Å². The standard InChI is InChI=1S/C26H30N2O3/c1-30-25-12-6-5-11-22(25)23(28-17-7-8-18-28)19-27-26(29)16-14-21-13-15-24(31-21)20-9-3-2-4-10-20/h2-6,9-13,15,23H,7-8,14,16-19H2,1H3,(H,27,29). The van der Waals surface area contributed by atoms with Gasteiger partial charge in [0.25, 0.3) is 0 Å². The second-order valence-corrected chi connectivity index (χ2v) is 7.94. The number of likely N-dealkylation sites (tertiary alicyclic amines) is 1. The Labute approximate surface area is 184 Å². The van der Waals surface area contributed by atoms with Crippen LogP contribution in [0.3, 0.4) is 0 Å². The number of para-hydroxylation sites is 1. The Morgan fingerprint density at radius 1 is 1.03 bits per heavy atom. The number of nitrogens with one attached hydrogen (secondary N) is 1. The first-order chi connectivity index (χ1) is 15.2. The summed E-state index contributed by atoms with van der Waals surface area (Å²) in [6.07, 6.45) is 3.38. The van der Waals surface area contributed by atoms with Crippen molar-refractivity contribution in [3.63, 3.8) is 0 Å². The highest BCUT2D eigenvalue weighted by Gasteiger charge is 2.26. The lowest BCUT2D eigenvalue weighted by atomic mass is 10.0. The number of hydrogen-bond acceptors (Lipinski definition) is 4. The molecule has 31 heavy (non-hydrogen) atoms. The monoisotopic (exact) mass is 418 g/mol. The van der Waals surface area contributed by atoms with Gasteiger partial charge in [-0.25, -0.2) is 0 Å². The predicted octanol–water partition coefficient (Wildman–Crippen LogP) is 4.84. The van der Waals surface area contributed by atoms with Gasteiger partial charge in [0, 0.05) is 30.5 Å². The van der Waals surface area contributed by atoms with E-state index in [4.69, 9.17) is 9.15 Å². The zero-order valence-electron chi connectivity index (χ0n) is 18.0. The molecule has 2 aromatic carbocycles. The number of carbonyl (C=O) groups excluding carboxylic acids is 1. The quantitative estimate of drug-likeness (QED) is 0.540. The topological polar surface area (TPSA) is 54.7 Å². The molecule has 0 bridgehead atoms. The van der Waals surface area contributed by atoms with E-state index in [0.29, 0.717) is 19.4 Å². The van der Waals surface area contributed by atoms with Crippen molar-refractivity contribution in [1.29, 1.82) is 0 Å². The van der Waals surface area contributed by atoms with Gasteiger partial charge in [-0.3, -0.25) is 9.69 Å². The molecule has 1 atom stereocenters. The predicted molar refractivity (Wildman–Crippen MR) is 122 cm³/mol. The van der Waals surface area contributed by atoms with E-state index >= 15 is 0 Å². The molecule has 2 heterocycles. The van der Waals surface area contributed by atoms with Crippen LogP contribution in [0.15, 0.2) is 71.1 Å². The number of carbonyl (C=O) groups is 1. The van der Waals surface area contributed by atoms with Crippen LogP contribution >= 0.6 is 0 Å². The van der Waals surface area contributed by atoms with E-state index in [9.17, 15) is 4.79 Å². The fraction of sp³-hybridized carbons (Fsp3) is 0.346. The van der Waals surface area contributed by atoms with E-state index in [1.807, 2.05) is 60.7 Å². The first-order valence-corrected chi connectivity index (χ1v) is 11.0. The molecule has 1 aliphatic heterocycles. The minimum Gasteiger partial charge on any atom is -0.496 e. The summed E-state index contributed by atoms with van der Waals surface area (Å²) < 4.78 is 11.5. The third-order valence-electron chi connectivity index (χ3n) is 5.89. The van der Waals surface area contributed by atoms with Gasteiger partial charge in [0.1, 0.15) is 17.3 Å². The summed E-state index contributed by atoms with van der Waals surface area (Å²) in [5.41, 5.74) is 2.18. The van der Waals surface area contributed by atoms with Gasteiger partial charge < -0.3 is 14.5 Å². The number of nitrogens with zero attached hydrogens (tertiary/aromatic N) is 1. The van der Waals surface area contributed by atoms with Crippen LogP contribution < -0.4 is 10.1 Å². The number of benzene rings is 2.